The van der Waals surface area contributed by atoms with E-state index < -0.39 is 0 Å². The lowest BCUT2D eigenvalue weighted by molar-refractivity contribution is 0.295. The van der Waals surface area contributed by atoms with Crippen molar-refractivity contribution in [2.45, 2.75) is 52.5 Å². The topological polar surface area (TPSA) is 47.0 Å². The number of ether oxygens (including phenoxy) is 1. The third-order valence-corrected chi connectivity index (χ3v) is 3.39. The zero-order valence-corrected chi connectivity index (χ0v) is 12.3. The molecule has 0 atom stereocenters. The average Bonchev–Trinajstić information content (AvgIpc) is 3.21. The van der Waals surface area contributed by atoms with E-state index in [0.29, 0.717) is 5.92 Å². The highest BCUT2D eigenvalue weighted by Crippen LogP contribution is 2.32. The summed E-state index contributed by atoms with van der Waals surface area (Å²) in [6.07, 6.45) is 5.74. The van der Waals surface area contributed by atoms with Crippen molar-refractivity contribution in [3.8, 4) is 5.75 Å². The molecule has 1 aromatic heterocycles. The fourth-order valence-corrected chi connectivity index (χ4v) is 1.93. The van der Waals surface area contributed by atoms with E-state index >= 15 is 0 Å². The fourth-order valence-electron chi connectivity index (χ4n) is 1.93. The molecule has 1 aromatic rings. The number of nitrogens with one attached hydrogen (secondary N) is 1. The molecule has 106 valence electrons. The van der Waals surface area contributed by atoms with E-state index in [4.69, 9.17) is 4.74 Å². The molecule has 0 aliphatic heterocycles. The molecule has 0 aromatic carbocycles. The normalized spacial score (nSPS) is 14.9. The summed E-state index contributed by atoms with van der Waals surface area (Å²) in [6, 6.07) is 0. The predicted molar refractivity (Wildman–Crippen MR) is 76.3 cm³/mol. The van der Waals surface area contributed by atoms with E-state index in [1.807, 2.05) is 6.20 Å². The first-order valence-corrected chi connectivity index (χ1v) is 7.40. The fraction of sp³-hybridized carbons (Fsp3) is 0.733. The van der Waals surface area contributed by atoms with Gasteiger partial charge in [-0.15, -0.1) is 0 Å². The Morgan fingerprint density at radius 1 is 1.42 bits per heavy atom. The van der Waals surface area contributed by atoms with Gasteiger partial charge in [0.2, 0.25) is 0 Å². The van der Waals surface area contributed by atoms with Gasteiger partial charge in [-0.05, 0) is 18.9 Å². The molecular formula is C15H25N3O. The molecule has 0 bridgehead atoms. The van der Waals surface area contributed by atoms with Crippen LogP contribution in [0.3, 0.4) is 0 Å². The van der Waals surface area contributed by atoms with Crippen molar-refractivity contribution >= 4 is 0 Å². The van der Waals surface area contributed by atoms with Crippen molar-refractivity contribution < 1.29 is 4.74 Å². The second-order valence-electron chi connectivity index (χ2n) is 5.55. The first-order valence-electron chi connectivity index (χ1n) is 7.40. The molecular weight excluding hydrogens is 238 g/mol. The summed E-state index contributed by atoms with van der Waals surface area (Å²) >= 11 is 0. The van der Waals surface area contributed by atoms with Crippen molar-refractivity contribution in [1.82, 2.24) is 15.3 Å². The zero-order valence-electron chi connectivity index (χ0n) is 12.3. The van der Waals surface area contributed by atoms with Gasteiger partial charge in [-0.25, -0.2) is 9.97 Å². The molecule has 1 heterocycles. The van der Waals surface area contributed by atoms with Gasteiger partial charge in [0.25, 0.3) is 0 Å². The van der Waals surface area contributed by atoms with Gasteiger partial charge in [-0.2, -0.15) is 0 Å². The zero-order chi connectivity index (χ0) is 13.7. The summed E-state index contributed by atoms with van der Waals surface area (Å²) in [6.45, 7) is 8.78. The van der Waals surface area contributed by atoms with Gasteiger partial charge in [0.15, 0.2) is 5.75 Å². The Bertz CT molecular complexity index is 402. The third-order valence-electron chi connectivity index (χ3n) is 3.39. The van der Waals surface area contributed by atoms with Crippen LogP contribution < -0.4 is 10.1 Å². The van der Waals surface area contributed by atoms with Crippen molar-refractivity contribution in [2.75, 3.05) is 13.2 Å². The van der Waals surface area contributed by atoms with Crippen LogP contribution in [0.2, 0.25) is 0 Å². The lowest BCUT2D eigenvalue weighted by Crippen LogP contribution is -2.16. The molecule has 1 aliphatic carbocycles. The van der Waals surface area contributed by atoms with Gasteiger partial charge in [-0.1, -0.05) is 33.6 Å². The van der Waals surface area contributed by atoms with Crippen molar-refractivity contribution in [1.29, 1.82) is 0 Å². The van der Waals surface area contributed by atoms with Crippen molar-refractivity contribution in [2.24, 2.45) is 5.92 Å². The summed E-state index contributed by atoms with van der Waals surface area (Å²) in [5.74, 6) is 2.97. The maximum absolute atomic E-state index is 5.85. The van der Waals surface area contributed by atoms with Crippen LogP contribution in [0.15, 0.2) is 6.20 Å². The monoisotopic (exact) mass is 263 g/mol. The Hall–Kier alpha value is -1.16. The summed E-state index contributed by atoms with van der Waals surface area (Å²) in [7, 11) is 0. The molecule has 1 fully saturated rings. The van der Waals surface area contributed by atoms with Crippen LogP contribution in [0.25, 0.3) is 0 Å². The van der Waals surface area contributed by atoms with Crippen LogP contribution in [-0.2, 0) is 6.54 Å². The van der Waals surface area contributed by atoms with Crippen LogP contribution in [0.1, 0.15) is 57.5 Å². The van der Waals surface area contributed by atoms with Gasteiger partial charge in [0.1, 0.15) is 5.82 Å². The standard InChI is InChI=1S/C15H25N3O/c1-4-16-9-13-14(19-8-7-12-5-6-12)10-17-15(18-13)11(2)3/h10-12,16H,4-9H2,1-3H3. The van der Waals surface area contributed by atoms with Crippen molar-refractivity contribution in [3.63, 3.8) is 0 Å². The molecule has 2 rings (SSSR count). The number of rotatable bonds is 8. The molecule has 1 N–H and O–H groups in total. The second-order valence-corrected chi connectivity index (χ2v) is 5.55. The summed E-state index contributed by atoms with van der Waals surface area (Å²) in [4.78, 5) is 9.02. The Morgan fingerprint density at radius 3 is 2.84 bits per heavy atom. The minimum Gasteiger partial charge on any atom is -0.490 e. The van der Waals surface area contributed by atoms with Crippen LogP contribution in [-0.4, -0.2) is 23.1 Å². The Labute approximate surface area is 116 Å². The van der Waals surface area contributed by atoms with Crippen LogP contribution in [0.5, 0.6) is 5.75 Å². The van der Waals surface area contributed by atoms with Gasteiger partial charge >= 0.3 is 0 Å². The molecule has 0 amide bonds. The Balaban J connectivity index is 2.00. The molecule has 0 unspecified atom stereocenters. The molecule has 1 saturated carbocycles. The third kappa shape index (κ3) is 4.46. The van der Waals surface area contributed by atoms with Gasteiger partial charge in [0.05, 0.1) is 18.5 Å². The molecule has 0 spiro atoms. The largest absolute Gasteiger partial charge is 0.490 e. The molecule has 4 heteroatoms. The SMILES string of the molecule is CCNCc1nc(C(C)C)ncc1OCCC1CC1. The van der Waals surface area contributed by atoms with Crippen LogP contribution in [0, 0.1) is 5.92 Å². The maximum atomic E-state index is 5.85. The quantitative estimate of drug-likeness (QED) is 0.783. The summed E-state index contributed by atoms with van der Waals surface area (Å²) in [5, 5.41) is 3.31. The molecule has 0 radical (unpaired) electrons. The first kappa shape index (κ1) is 14.3. The lowest BCUT2D eigenvalue weighted by Gasteiger charge is -2.13. The number of aromatic nitrogens is 2. The smallest absolute Gasteiger partial charge is 0.160 e. The van der Waals surface area contributed by atoms with E-state index in [1.54, 1.807) is 0 Å². The molecule has 19 heavy (non-hydrogen) atoms. The summed E-state index contributed by atoms with van der Waals surface area (Å²) in [5.41, 5.74) is 0.983. The minimum absolute atomic E-state index is 0.348. The van der Waals surface area contributed by atoms with E-state index in [-0.39, 0.29) is 0 Å². The summed E-state index contributed by atoms with van der Waals surface area (Å²) < 4.78 is 5.85. The van der Waals surface area contributed by atoms with E-state index in [1.165, 1.54) is 12.8 Å². The molecule has 0 saturated heterocycles. The van der Waals surface area contributed by atoms with Crippen LogP contribution in [0.4, 0.5) is 0 Å². The average molecular weight is 263 g/mol. The van der Waals surface area contributed by atoms with Gasteiger partial charge < -0.3 is 10.1 Å². The highest BCUT2D eigenvalue weighted by Gasteiger charge is 2.21. The van der Waals surface area contributed by atoms with Crippen LogP contribution >= 0.6 is 0 Å². The van der Waals surface area contributed by atoms with Gasteiger partial charge in [-0.3, -0.25) is 0 Å². The lowest BCUT2D eigenvalue weighted by atomic mass is 10.2. The highest BCUT2D eigenvalue weighted by molar-refractivity contribution is 5.25. The molecule has 4 nitrogen and oxygen atoms in total. The molecule has 1 aliphatic rings. The number of hydrogen-bond donors (Lipinski definition) is 1. The second kappa shape index (κ2) is 6.85. The number of nitrogens with zero attached hydrogens (tertiary/aromatic N) is 2. The highest BCUT2D eigenvalue weighted by atomic mass is 16.5. The van der Waals surface area contributed by atoms with E-state index in [2.05, 4.69) is 36.1 Å². The first-order chi connectivity index (χ1) is 9.20. The predicted octanol–water partition coefficient (Wildman–Crippen LogP) is 2.89. The van der Waals surface area contributed by atoms with Gasteiger partial charge in [0, 0.05) is 12.5 Å². The maximum Gasteiger partial charge on any atom is 0.160 e. The minimum atomic E-state index is 0.348. The van der Waals surface area contributed by atoms with E-state index in [0.717, 1.165) is 49.3 Å². The van der Waals surface area contributed by atoms with E-state index in [9.17, 15) is 0 Å². The Morgan fingerprint density at radius 2 is 2.21 bits per heavy atom. The number of hydrogen-bond acceptors (Lipinski definition) is 4. The Kier molecular flexibility index (Phi) is 5.14. The van der Waals surface area contributed by atoms with Crippen molar-refractivity contribution in [3.05, 3.63) is 17.7 Å².